The minimum absolute atomic E-state index is 0.167. The number of aryl methyl sites for hydroxylation is 3. The molecular weight excluding hydrogens is 420 g/mol. The van der Waals surface area contributed by atoms with Crippen molar-refractivity contribution in [1.29, 1.82) is 0 Å². The number of amides is 2. The molecule has 0 fully saturated rings. The van der Waals surface area contributed by atoms with E-state index in [1.165, 1.54) is 4.80 Å². The number of hydrogen-bond donors (Lipinski definition) is 1. The Morgan fingerprint density at radius 1 is 1.15 bits per heavy atom. The SMILES string of the molecule is CC[C@@H](C(=O)NC(C)(C)C)N(C(=O)Cn1nnc(-c2ccc(C)o2)n1)c1cc(C)ccc1C. The lowest BCUT2D eigenvalue weighted by atomic mass is 10.0. The smallest absolute Gasteiger partial charge is 0.251 e. The number of carbonyl (C=O) groups excluding carboxylic acids is 2. The van der Waals surface area contributed by atoms with Gasteiger partial charge in [0, 0.05) is 11.2 Å². The predicted octanol–water partition coefficient (Wildman–Crippen LogP) is 3.58. The summed E-state index contributed by atoms with van der Waals surface area (Å²) < 4.78 is 5.54. The zero-order valence-electron chi connectivity index (χ0n) is 20.3. The van der Waals surface area contributed by atoms with Gasteiger partial charge in [-0.1, -0.05) is 19.1 Å². The van der Waals surface area contributed by atoms with Gasteiger partial charge in [0.1, 0.15) is 18.3 Å². The average molecular weight is 453 g/mol. The minimum atomic E-state index is -0.687. The molecule has 0 saturated heterocycles. The van der Waals surface area contributed by atoms with E-state index in [1.54, 1.807) is 11.0 Å². The van der Waals surface area contributed by atoms with Crippen LogP contribution in [0.15, 0.2) is 34.7 Å². The van der Waals surface area contributed by atoms with Gasteiger partial charge < -0.3 is 9.73 Å². The van der Waals surface area contributed by atoms with Crippen LogP contribution in [0.4, 0.5) is 5.69 Å². The Bertz CT molecular complexity index is 1140. The maximum absolute atomic E-state index is 13.6. The number of carbonyl (C=O) groups is 2. The van der Waals surface area contributed by atoms with Gasteiger partial charge in [0.05, 0.1) is 0 Å². The molecule has 1 N–H and O–H groups in total. The van der Waals surface area contributed by atoms with E-state index in [9.17, 15) is 9.59 Å². The molecule has 2 heterocycles. The number of nitrogens with zero attached hydrogens (tertiary/aromatic N) is 5. The topological polar surface area (TPSA) is 106 Å². The summed E-state index contributed by atoms with van der Waals surface area (Å²) in [5.74, 6) is 0.992. The van der Waals surface area contributed by atoms with Crippen LogP contribution in [0, 0.1) is 20.8 Å². The Kier molecular flexibility index (Phi) is 7.00. The molecule has 3 aromatic rings. The highest BCUT2D eigenvalue weighted by molar-refractivity contribution is 6.01. The molecule has 0 aliphatic heterocycles. The van der Waals surface area contributed by atoms with E-state index in [-0.39, 0.29) is 18.4 Å². The maximum Gasteiger partial charge on any atom is 0.251 e. The number of hydrogen-bond acceptors (Lipinski definition) is 6. The summed E-state index contributed by atoms with van der Waals surface area (Å²) in [5, 5.41) is 15.3. The second-order valence-electron chi connectivity index (χ2n) is 9.27. The van der Waals surface area contributed by atoms with Crippen molar-refractivity contribution in [2.45, 2.75) is 73.0 Å². The van der Waals surface area contributed by atoms with E-state index >= 15 is 0 Å². The van der Waals surface area contributed by atoms with Crippen molar-refractivity contribution in [2.75, 3.05) is 4.90 Å². The number of anilines is 1. The molecule has 0 saturated carbocycles. The first-order chi connectivity index (χ1) is 15.5. The molecule has 0 spiro atoms. The van der Waals surface area contributed by atoms with Crippen LogP contribution >= 0.6 is 0 Å². The third kappa shape index (κ3) is 5.85. The summed E-state index contributed by atoms with van der Waals surface area (Å²) in [6, 6.07) is 8.73. The van der Waals surface area contributed by atoms with Crippen molar-refractivity contribution < 1.29 is 14.0 Å². The van der Waals surface area contributed by atoms with E-state index in [4.69, 9.17) is 4.42 Å². The van der Waals surface area contributed by atoms with E-state index < -0.39 is 11.6 Å². The van der Waals surface area contributed by atoms with Crippen molar-refractivity contribution in [1.82, 2.24) is 25.5 Å². The third-order valence-electron chi connectivity index (χ3n) is 5.08. The zero-order chi connectivity index (χ0) is 24.3. The van der Waals surface area contributed by atoms with Gasteiger partial charge in [0.15, 0.2) is 5.76 Å². The number of tetrazole rings is 1. The van der Waals surface area contributed by atoms with E-state index in [0.717, 1.165) is 16.9 Å². The fraction of sp³-hybridized carbons (Fsp3) is 0.458. The molecule has 9 nitrogen and oxygen atoms in total. The molecule has 3 rings (SSSR count). The first-order valence-electron chi connectivity index (χ1n) is 11.0. The van der Waals surface area contributed by atoms with Crippen LogP contribution < -0.4 is 10.2 Å². The highest BCUT2D eigenvalue weighted by Gasteiger charge is 2.33. The van der Waals surface area contributed by atoms with Crippen LogP contribution in [0.3, 0.4) is 0 Å². The molecule has 2 aromatic heterocycles. The van der Waals surface area contributed by atoms with Crippen LogP contribution in [0.2, 0.25) is 0 Å². The predicted molar refractivity (Wildman–Crippen MR) is 126 cm³/mol. The summed E-state index contributed by atoms with van der Waals surface area (Å²) >= 11 is 0. The Balaban J connectivity index is 1.94. The summed E-state index contributed by atoms with van der Waals surface area (Å²) in [6.07, 6.45) is 0.447. The highest BCUT2D eigenvalue weighted by Crippen LogP contribution is 2.26. The third-order valence-corrected chi connectivity index (χ3v) is 5.08. The number of furan rings is 1. The Hall–Kier alpha value is -3.49. The maximum atomic E-state index is 13.6. The molecule has 0 aliphatic rings. The van der Waals surface area contributed by atoms with Crippen LogP contribution in [-0.2, 0) is 16.1 Å². The summed E-state index contributed by atoms with van der Waals surface area (Å²) in [7, 11) is 0. The van der Waals surface area contributed by atoms with Crippen molar-refractivity contribution in [2.24, 2.45) is 0 Å². The van der Waals surface area contributed by atoms with Gasteiger partial charge >= 0.3 is 0 Å². The average Bonchev–Trinajstić information content (AvgIpc) is 3.35. The molecule has 0 aliphatic carbocycles. The summed E-state index contributed by atoms with van der Waals surface area (Å²) in [6.45, 7) is 13.2. The zero-order valence-corrected chi connectivity index (χ0v) is 20.3. The molecule has 9 heteroatoms. The number of nitrogens with one attached hydrogen (secondary N) is 1. The lowest BCUT2D eigenvalue weighted by Gasteiger charge is -2.33. The van der Waals surface area contributed by atoms with Crippen LogP contribution in [0.5, 0.6) is 0 Å². The van der Waals surface area contributed by atoms with Gasteiger partial charge in [-0.05, 0) is 82.5 Å². The quantitative estimate of drug-likeness (QED) is 0.587. The van der Waals surface area contributed by atoms with Crippen LogP contribution in [0.1, 0.15) is 51.0 Å². The van der Waals surface area contributed by atoms with E-state index in [0.29, 0.717) is 23.7 Å². The van der Waals surface area contributed by atoms with Gasteiger partial charge in [0.2, 0.25) is 11.7 Å². The Morgan fingerprint density at radius 2 is 1.88 bits per heavy atom. The summed E-state index contributed by atoms with van der Waals surface area (Å²) in [5.41, 5.74) is 2.16. The Morgan fingerprint density at radius 3 is 2.48 bits per heavy atom. The fourth-order valence-electron chi connectivity index (χ4n) is 3.55. The molecule has 1 aromatic carbocycles. The second-order valence-corrected chi connectivity index (χ2v) is 9.27. The largest absolute Gasteiger partial charge is 0.458 e. The fourth-order valence-corrected chi connectivity index (χ4v) is 3.55. The normalized spacial score (nSPS) is 12.5. The lowest BCUT2D eigenvalue weighted by Crippen LogP contribution is -2.54. The number of aromatic nitrogens is 4. The number of rotatable bonds is 7. The second kappa shape index (κ2) is 9.56. The van der Waals surface area contributed by atoms with Crippen LogP contribution in [0.25, 0.3) is 11.6 Å². The minimum Gasteiger partial charge on any atom is -0.458 e. The van der Waals surface area contributed by atoms with Gasteiger partial charge in [-0.25, -0.2) is 0 Å². The van der Waals surface area contributed by atoms with Gasteiger partial charge in [0.25, 0.3) is 5.91 Å². The van der Waals surface area contributed by atoms with E-state index in [2.05, 4.69) is 20.7 Å². The molecule has 0 bridgehead atoms. The molecule has 0 radical (unpaired) electrons. The standard InChI is InChI=1S/C24H32N6O3/c1-8-18(23(32)25-24(5,6)7)30(19-13-15(2)9-10-16(19)3)21(31)14-29-27-22(26-28-29)20-12-11-17(4)33-20/h9-13,18H,8,14H2,1-7H3,(H,25,32)/t18-/m0/s1. The van der Waals surface area contributed by atoms with Gasteiger partial charge in [-0.2, -0.15) is 4.80 Å². The monoisotopic (exact) mass is 452 g/mol. The molecule has 2 amide bonds. The van der Waals surface area contributed by atoms with Crippen molar-refractivity contribution in [3.63, 3.8) is 0 Å². The highest BCUT2D eigenvalue weighted by atomic mass is 16.3. The molecule has 33 heavy (non-hydrogen) atoms. The van der Waals surface area contributed by atoms with Gasteiger partial charge in [-0.15, -0.1) is 10.2 Å². The molecule has 176 valence electrons. The number of benzene rings is 1. The molecule has 0 unspecified atom stereocenters. The van der Waals surface area contributed by atoms with Crippen LogP contribution in [-0.4, -0.2) is 43.6 Å². The van der Waals surface area contributed by atoms with Crippen molar-refractivity contribution in [3.05, 3.63) is 47.2 Å². The molecular formula is C24H32N6O3. The lowest BCUT2D eigenvalue weighted by molar-refractivity contribution is -0.128. The van der Waals surface area contributed by atoms with Gasteiger partial charge in [-0.3, -0.25) is 14.5 Å². The first-order valence-corrected chi connectivity index (χ1v) is 11.0. The first kappa shape index (κ1) is 24.2. The van der Waals surface area contributed by atoms with E-state index in [1.807, 2.05) is 72.7 Å². The Labute approximate surface area is 194 Å². The summed E-state index contributed by atoms with van der Waals surface area (Å²) in [4.78, 5) is 29.6. The van der Waals surface area contributed by atoms with Crippen molar-refractivity contribution in [3.8, 4) is 11.6 Å². The van der Waals surface area contributed by atoms with Crippen molar-refractivity contribution >= 4 is 17.5 Å². The molecule has 1 atom stereocenters.